The molecule has 0 bridgehead atoms. The summed E-state index contributed by atoms with van der Waals surface area (Å²) >= 11 is 11.6. The molecule has 0 saturated carbocycles. The van der Waals surface area contributed by atoms with E-state index in [-0.39, 0.29) is 13.0 Å². The molecule has 1 rings (SSSR count). The van der Waals surface area contributed by atoms with Crippen LogP contribution in [0.5, 0.6) is 5.75 Å². The van der Waals surface area contributed by atoms with Gasteiger partial charge in [0.25, 0.3) is 5.92 Å². The predicted molar refractivity (Wildman–Crippen MR) is 73.6 cm³/mol. The molecule has 0 aliphatic carbocycles. The van der Waals surface area contributed by atoms with E-state index in [1.54, 1.807) is 12.1 Å². The summed E-state index contributed by atoms with van der Waals surface area (Å²) in [6.07, 6.45) is -0.0698. The van der Waals surface area contributed by atoms with Crippen LogP contribution < -0.4 is 15.8 Å². The van der Waals surface area contributed by atoms with E-state index in [1.807, 2.05) is 0 Å². The smallest absolute Gasteiger partial charge is 0.277 e. The van der Waals surface area contributed by atoms with E-state index in [0.29, 0.717) is 15.8 Å². The summed E-state index contributed by atoms with van der Waals surface area (Å²) in [7, 11) is 0. The van der Waals surface area contributed by atoms with Gasteiger partial charge in [0, 0.05) is 5.02 Å². The molecular weight excluding hydrogens is 313 g/mol. The summed E-state index contributed by atoms with van der Waals surface area (Å²) in [6, 6.07) is 4.65. The van der Waals surface area contributed by atoms with Crippen LogP contribution in [0.3, 0.4) is 0 Å². The summed E-state index contributed by atoms with van der Waals surface area (Å²) in [5.41, 5.74) is 4.85. The SMILES string of the molecule is NCC(F)(F)CNC(=O)CCOc1ccc(Cl)cc1Cl. The third-order valence-electron chi connectivity index (χ3n) is 2.32. The van der Waals surface area contributed by atoms with Crippen LogP contribution in [-0.2, 0) is 4.79 Å². The minimum atomic E-state index is -3.10. The molecule has 4 nitrogen and oxygen atoms in total. The van der Waals surface area contributed by atoms with Gasteiger partial charge < -0.3 is 15.8 Å². The van der Waals surface area contributed by atoms with Crippen molar-refractivity contribution in [3.8, 4) is 5.75 Å². The lowest BCUT2D eigenvalue weighted by atomic mass is 10.3. The highest BCUT2D eigenvalue weighted by Crippen LogP contribution is 2.27. The molecule has 112 valence electrons. The average Bonchev–Trinajstić information content (AvgIpc) is 2.39. The Hall–Kier alpha value is -1.11. The van der Waals surface area contributed by atoms with Gasteiger partial charge in [0.1, 0.15) is 5.75 Å². The van der Waals surface area contributed by atoms with Crippen molar-refractivity contribution in [2.24, 2.45) is 5.73 Å². The van der Waals surface area contributed by atoms with Crippen LogP contribution in [-0.4, -0.2) is 31.5 Å². The molecule has 1 aromatic carbocycles. The highest BCUT2D eigenvalue weighted by atomic mass is 35.5. The Labute approximate surface area is 125 Å². The quantitative estimate of drug-likeness (QED) is 0.809. The van der Waals surface area contributed by atoms with Crippen LogP contribution in [0.15, 0.2) is 18.2 Å². The molecule has 0 saturated heterocycles. The van der Waals surface area contributed by atoms with Crippen molar-refractivity contribution < 1.29 is 18.3 Å². The minimum Gasteiger partial charge on any atom is -0.491 e. The number of nitrogens with one attached hydrogen (secondary N) is 1. The lowest BCUT2D eigenvalue weighted by molar-refractivity contribution is -0.123. The second-order valence-corrected chi connectivity index (χ2v) is 4.85. The Morgan fingerprint density at radius 1 is 1.40 bits per heavy atom. The maximum atomic E-state index is 12.8. The number of carbonyl (C=O) groups excluding carboxylic acids is 1. The molecule has 1 aromatic rings. The maximum Gasteiger partial charge on any atom is 0.277 e. The molecule has 0 aliphatic heterocycles. The Morgan fingerprint density at radius 2 is 2.10 bits per heavy atom. The molecular formula is C12H14Cl2F2N2O2. The van der Waals surface area contributed by atoms with E-state index in [4.69, 9.17) is 33.7 Å². The normalized spacial score (nSPS) is 11.2. The van der Waals surface area contributed by atoms with Gasteiger partial charge in [-0.1, -0.05) is 23.2 Å². The molecule has 0 spiro atoms. The average molecular weight is 327 g/mol. The fraction of sp³-hybridized carbons (Fsp3) is 0.417. The molecule has 0 heterocycles. The third kappa shape index (κ3) is 5.90. The fourth-order valence-corrected chi connectivity index (χ4v) is 1.70. The standard InChI is InChI=1S/C12H14Cl2F2N2O2/c13-8-1-2-10(9(14)5-8)20-4-3-11(19)18-7-12(15,16)6-17/h1-2,5H,3-4,6-7,17H2,(H,18,19). The van der Waals surface area contributed by atoms with Gasteiger partial charge in [0.05, 0.1) is 31.1 Å². The first-order valence-electron chi connectivity index (χ1n) is 5.76. The molecule has 3 N–H and O–H groups in total. The second-order valence-electron chi connectivity index (χ2n) is 4.01. The number of hydrogen-bond acceptors (Lipinski definition) is 3. The number of nitrogens with two attached hydrogens (primary N) is 1. The zero-order chi connectivity index (χ0) is 15.2. The highest BCUT2D eigenvalue weighted by molar-refractivity contribution is 6.35. The van der Waals surface area contributed by atoms with Crippen molar-refractivity contribution >= 4 is 29.1 Å². The zero-order valence-electron chi connectivity index (χ0n) is 10.5. The van der Waals surface area contributed by atoms with Crippen molar-refractivity contribution in [1.29, 1.82) is 0 Å². The van der Waals surface area contributed by atoms with Gasteiger partial charge in [-0.15, -0.1) is 0 Å². The van der Waals surface area contributed by atoms with Crippen molar-refractivity contribution in [2.45, 2.75) is 12.3 Å². The van der Waals surface area contributed by atoms with Crippen LogP contribution in [0.25, 0.3) is 0 Å². The van der Waals surface area contributed by atoms with Gasteiger partial charge in [-0.25, -0.2) is 8.78 Å². The number of benzene rings is 1. The van der Waals surface area contributed by atoms with Crippen molar-refractivity contribution in [2.75, 3.05) is 19.7 Å². The number of hydrogen-bond donors (Lipinski definition) is 2. The van der Waals surface area contributed by atoms with Crippen LogP contribution >= 0.6 is 23.2 Å². The molecule has 8 heteroatoms. The number of rotatable bonds is 7. The first-order chi connectivity index (χ1) is 9.34. The van der Waals surface area contributed by atoms with E-state index >= 15 is 0 Å². The zero-order valence-corrected chi connectivity index (χ0v) is 12.0. The van der Waals surface area contributed by atoms with Gasteiger partial charge in [-0.3, -0.25) is 4.79 Å². The second kappa shape index (κ2) is 7.61. The van der Waals surface area contributed by atoms with Gasteiger partial charge >= 0.3 is 0 Å². The highest BCUT2D eigenvalue weighted by Gasteiger charge is 2.26. The van der Waals surface area contributed by atoms with Crippen LogP contribution in [0.1, 0.15) is 6.42 Å². The lowest BCUT2D eigenvalue weighted by Crippen LogP contribution is -2.41. The van der Waals surface area contributed by atoms with E-state index in [2.05, 4.69) is 5.32 Å². The molecule has 0 aromatic heterocycles. The van der Waals surface area contributed by atoms with Gasteiger partial charge in [0.2, 0.25) is 5.91 Å². The van der Waals surface area contributed by atoms with Gasteiger partial charge in [0.15, 0.2) is 0 Å². The Bertz CT molecular complexity index is 473. The Kier molecular flexibility index (Phi) is 6.45. The van der Waals surface area contributed by atoms with E-state index in [9.17, 15) is 13.6 Å². The van der Waals surface area contributed by atoms with Crippen molar-refractivity contribution in [3.63, 3.8) is 0 Å². The first kappa shape index (κ1) is 16.9. The number of carbonyl (C=O) groups is 1. The summed E-state index contributed by atoms with van der Waals surface area (Å²) in [5, 5.41) is 2.86. The Morgan fingerprint density at radius 3 is 2.70 bits per heavy atom. The number of alkyl halides is 2. The molecule has 1 amide bonds. The number of amides is 1. The van der Waals surface area contributed by atoms with E-state index < -0.39 is 24.9 Å². The molecule has 20 heavy (non-hydrogen) atoms. The molecule has 0 radical (unpaired) electrons. The van der Waals surface area contributed by atoms with Gasteiger partial charge in [-0.05, 0) is 18.2 Å². The van der Waals surface area contributed by atoms with E-state index in [0.717, 1.165) is 0 Å². The minimum absolute atomic E-state index is 0.0153. The lowest BCUT2D eigenvalue weighted by Gasteiger charge is -2.14. The first-order valence-corrected chi connectivity index (χ1v) is 6.52. The summed E-state index contributed by atoms with van der Waals surface area (Å²) in [6.45, 7) is -1.59. The molecule has 0 unspecified atom stereocenters. The van der Waals surface area contributed by atoms with Crippen LogP contribution in [0, 0.1) is 0 Å². The van der Waals surface area contributed by atoms with Crippen molar-refractivity contribution in [1.82, 2.24) is 5.32 Å². The number of halogens is 4. The largest absolute Gasteiger partial charge is 0.491 e. The molecule has 0 atom stereocenters. The van der Waals surface area contributed by atoms with Crippen LogP contribution in [0.2, 0.25) is 10.0 Å². The summed E-state index contributed by atoms with van der Waals surface area (Å²) in [4.78, 5) is 11.3. The molecule has 0 aliphatic rings. The number of ether oxygens (including phenoxy) is 1. The summed E-state index contributed by atoms with van der Waals surface area (Å²) in [5.74, 6) is -3.28. The maximum absolute atomic E-state index is 12.8. The van der Waals surface area contributed by atoms with E-state index in [1.165, 1.54) is 6.07 Å². The Balaban J connectivity index is 2.32. The third-order valence-corrected chi connectivity index (χ3v) is 2.85. The predicted octanol–water partition coefficient (Wildman–Crippen LogP) is 2.47. The topological polar surface area (TPSA) is 64.3 Å². The fourth-order valence-electron chi connectivity index (χ4n) is 1.23. The van der Waals surface area contributed by atoms with Crippen molar-refractivity contribution in [3.05, 3.63) is 28.2 Å². The van der Waals surface area contributed by atoms with Crippen LogP contribution in [0.4, 0.5) is 8.78 Å². The monoisotopic (exact) mass is 326 g/mol. The summed E-state index contributed by atoms with van der Waals surface area (Å²) < 4.78 is 30.8. The molecule has 0 fully saturated rings. The van der Waals surface area contributed by atoms with Gasteiger partial charge in [-0.2, -0.15) is 0 Å².